The van der Waals surface area contributed by atoms with Crippen molar-refractivity contribution in [2.75, 3.05) is 44.7 Å². The summed E-state index contributed by atoms with van der Waals surface area (Å²) >= 11 is 0. The van der Waals surface area contributed by atoms with Crippen molar-refractivity contribution < 1.29 is 23.6 Å². The standard InChI is InChI=1S/C24H28FN3O3/c1-31-22-8-3-2-6-20(22)26-14-16-27(17-15-26)21-7-4-5-13-28(24(21)30)23(29)18-9-11-19(25)12-10-18/h2-3,6,8-12,21H,4-5,7,13-17H2,1H3/p+1/t21-/m1/s1. The number of benzene rings is 2. The number of piperazine rings is 1. The van der Waals surface area contributed by atoms with Crippen LogP contribution in [0, 0.1) is 5.82 Å². The first-order chi connectivity index (χ1) is 15.1. The highest BCUT2D eigenvalue weighted by Crippen LogP contribution is 2.27. The number of hydrogen-bond acceptors (Lipinski definition) is 4. The average molecular weight is 427 g/mol. The fraction of sp³-hybridized carbons (Fsp3) is 0.417. The molecule has 0 aromatic heterocycles. The van der Waals surface area contributed by atoms with Crippen molar-refractivity contribution in [2.24, 2.45) is 0 Å². The van der Waals surface area contributed by atoms with Crippen LogP contribution in [0.1, 0.15) is 29.6 Å². The Morgan fingerprint density at radius 1 is 1.03 bits per heavy atom. The Hall–Kier alpha value is -2.93. The molecule has 0 radical (unpaired) electrons. The van der Waals surface area contributed by atoms with Crippen LogP contribution in [0.5, 0.6) is 5.75 Å². The number of likely N-dealkylation sites (tertiary alicyclic amines) is 1. The Morgan fingerprint density at radius 3 is 2.45 bits per heavy atom. The van der Waals surface area contributed by atoms with E-state index in [2.05, 4.69) is 11.0 Å². The second kappa shape index (κ2) is 9.47. The molecule has 4 rings (SSSR count). The Kier molecular flexibility index (Phi) is 6.51. The van der Waals surface area contributed by atoms with E-state index in [1.807, 2.05) is 18.2 Å². The lowest BCUT2D eigenvalue weighted by Crippen LogP contribution is -3.19. The van der Waals surface area contributed by atoms with Crippen molar-refractivity contribution in [2.45, 2.75) is 25.3 Å². The molecule has 2 aromatic carbocycles. The first-order valence-electron chi connectivity index (χ1n) is 10.9. The third-order valence-electron chi connectivity index (χ3n) is 6.35. The highest BCUT2D eigenvalue weighted by Gasteiger charge is 2.39. The topological polar surface area (TPSA) is 54.3 Å². The number of ether oxygens (including phenoxy) is 1. The average Bonchev–Trinajstić information content (AvgIpc) is 3.00. The van der Waals surface area contributed by atoms with Gasteiger partial charge in [-0.1, -0.05) is 12.1 Å². The maximum atomic E-state index is 13.4. The van der Waals surface area contributed by atoms with Crippen LogP contribution in [0.3, 0.4) is 0 Å². The van der Waals surface area contributed by atoms with Crippen molar-refractivity contribution in [3.63, 3.8) is 0 Å². The monoisotopic (exact) mass is 426 g/mol. The van der Waals surface area contributed by atoms with E-state index < -0.39 is 5.82 Å². The summed E-state index contributed by atoms with van der Waals surface area (Å²) in [6, 6.07) is 13.2. The van der Waals surface area contributed by atoms with Gasteiger partial charge in [0.15, 0.2) is 6.04 Å². The minimum atomic E-state index is -0.394. The molecule has 1 N–H and O–H groups in total. The predicted molar refractivity (Wildman–Crippen MR) is 116 cm³/mol. The minimum Gasteiger partial charge on any atom is -0.495 e. The highest BCUT2D eigenvalue weighted by atomic mass is 19.1. The minimum absolute atomic E-state index is 0.104. The SMILES string of the molecule is COc1ccccc1N1CC[NH+]([C@@H]2CCCCN(C(=O)c3ccc(F)cc3)C2=O)CC1. The molecule has 2 amide bonds. The number of anilines is 1. The lowest BCUT2D eigenvalue weighted by Gasteiger charge is -2.37. The molecule has 0 aliphatic carbocycles. The lowest BCUT2D eigenvalue weighted by atomic mass is 10.1. The normalized spacial score (nSPS) is 20.5. The van der Waals surface area contributed by atoms with Crippen molar-refractivity contribution in [3.8, 4) is 5.75 Å². The Morgan fingerprint density at radius 2 is 1.74 bits per heavy atom. The molecule has 2 fully saturated rings. The third-order valence-corrected chi connectivity index (χ3v) is 6.35. The number of amides is 2. The number of quaternary nitrogens is 1. The van der Waals surface area contributed by atoms with Gasteiger partial charge >= 0.3 is 0 Å². The summed E-state index contributed by atoms with van der Waals surface area (Å²) in [5.41, 5.74) is 1.43. The zero-order chi connectivity index (χ0) is 21.8. The van der Waals surface area contributed by atoms with Crippen LogP contribution in [0.2, 0.25) is 0 Å². The number of methoxy groups -OCH3 is 1. The summed E-state index contributed by atoms with van der Waals surface area (Å²) in [5, 5.41) is 0. The summed E-state index contributed by atoms with van der Waals surface area (Å²) in [6.07, 6.45) is 2.51. The third kappa shape index (κ3) is 4.56. The summed E-state index contributed by atoms with van der Waals surface area (Å²) < 4.78 is 18.7. The molecule has 0 bridgehead atoms. The number of carbonyl (C=O) groups excluding carboxylic acids is 2. The van der Waals surface area contributed by atoms with E-state index in [1.165, 1.54) is 34.1 Å². The van der Waals surface area contributed by atoms with Crippen molar-refractivity contribution in [1.29, 1.82) is 0 Å². The van der Waals surface area contributed by atoms with Gasteiger partial charge in [0.2, 0.25) is 0 Å². The van der Waals surface area contributed by atoms with Gasteiger partial charge in [0.25, 0.3) is 11.8 Å². The Balaban J connectivity index is 1.45. The molecular formula is C24H29FN3O3+. The maximum Gasteiger partial charge on any atom is 0.287 e. The van der Waals surface area contributed by atoms with Gasteiger partial charge in [-0.25, -0.2) is 4.39 Å². The molecule has 2 aliphatic rings. The smallest absolute Gasteiger partial charge is 0.287 e. The predicted octanol–water partition coefficient (Wildman–Crippen LogP) is 1.76. The molecule has 0 saturated carbocycles. The second-order valence-electron chi connectivity index (χ2n) is 8.17. The molecule has 2 saturated heterocycles. The molecule has 164 valence electrons. The number of halogens is 1. The fourth-order valence-corrected chi connectivity index (χ4v) is 4.64. The van der Waals surface area contributed by atoms with Crippen LogP contribution < -0.4 is 14.5 Å². The molecular weight excluding hydrogens is 397 g/mol. The number of nitrogens with zero attached hydrogens (tertiary/aromatic N) is 2. The maximum absolute atomic E-state index is 13.4. The number of hydrogen-bond donors (Lipinski definition) is 1. The van der Waals surface area contributed by atoms with Crippen LogP contribution in [0.15, 0.2) is 48.5 Å². The van der Waals surface area contributed by atoms with E-state index in [9.17, 15) is 14.0 Å². The molecule has 2 aliphatic heterocycles. The van der Waals surface area contributed by atoms with Crippen LogP contribution >= 0.6 is 0 Å². The number of imide groups is 1. The van der Waals surface area contributed by atoms with E-state index in [4.69, 9.17) is 4.74 Å². The van der Waals surface area contributed by atoms with E-state index in [0.29, 0.717) is 12.1 Å². The van der Waals surface area contributed by atoms with E-state index in [1.54, 1.807) is 7.11 Å². The van der Waals surface area contributed by atoms with E-state index in [-0.39, 0.29) is 17.9 Å². The molecule has 0 unspecified atom stereocenters. The van der Waals surface area contributed by atoms with Crippen molar-refractivity contribution >= 4 is 17.5 Å². The highest BCUT2D eigenvalue weighted by molar-refractivity contribution is 6.05. The van der Waals surface area contributed by atoms with Gasteiger partial charge in [-0.2, -0.15) is 0 Å². The molecule has 6 nitrogen and oxygen atoms in total. The first kappa shape index (κ1) is 21.3. The summed E-state index contributed by atoms with van der Waals surface area (Å²) in [5.74, 6) is 0.0260. The van der Waals surface area contributed by atoms with Gasteiger partial charge in [0.1, 0.15) is 11.6 Å². The lowest BCUT2D eigenvalue weighted by molar-refractivity contribution is -0.917. The van der Waals surface area contributed by atoms with Gasteiger partial charge in [0.05, 0.1) is 39.0 Å². The molecule has 31 heavy (non-hydrogen) atoms. The molecule has 1 atom stereocenters. The number of para-hydroxylation sites is 2. The van der Waals surface area contributed by atoms with Crippen LogP contribution in [-0.4, -0.2) is 62.6 Å². The summed E-state index contributed by atoms with van der Waals surface area (Å²) in [6.45, 7) is 3.73. The van der Waals surface area contributed by atoms with Gasteiger partial charge in [-0.3, -0.25) is 14.5 Å². The Labute approximate surface area is 182 Å². The first-order valence-corrected chi connectivity index (χ1v) is 10.9. The van der Waals surface area contributed by atoms with Crippen LogP contribution in [0.25, 0.3) is 0 Å². The number of rotatable bonds is 4. The molecule has 0 spiro atoms. The zero-order valence-electron chi connectivity index (χ0n) is 17.9. The van der Waals surface area contributed by atoms with Crippen molar-refractivity contribution in [1.82, 2.24) is 4.90 Å². The largest absolute Gasteiger partial charge is 0.495 e. The summed E-state index contributed by atoms with van der Waals surface area (Å²) in [4.78, 5) is 31.2. The van der Waals surface area contributed by atoms with E-state index in [0.717, 1.165) is 56.9 Å². The van der Waals surface area contributed by atoms with Gasteiger partial charge < -0.3 is 14.5 Å². The molecule has 7 heteroatoms. The summed E-state index contributed by atoms with van der Waals surface area (Å²) in [7, 11) is 1.68. The molecule has 2 aromatic rings. The second-order valence-corrected chi connectivity index (χ2v) is 8.17. The molecule has 2 heterocycles. The van der Waals surface area contributed by atoms with Gasteiger partial charge in [0, 0.05) is 18.5 Å². The van der Waals surface area contributed by atoms with Gasteiger partial charge in [-0.15, -0.1) is 0 Å². The van der Waals surface area contributed by atoms with Crippen LogP contribution in [0.4, 0.5) is 10.1 Å². The van der Waals surface area contributed by atoms with E-state index >= 15 is 0 Å². The number of nitrogens with one attached hydrogen (secondary N) is 1. The van der Waals surface area contributed by atoms with Crippen molar-refractivity contribution in [3.05, 3.63) is 59.9 Å². The number of carbonyl (C=O) groups is 2. The zero-order valence-corrected chi connectivity index (χ0v) is 17.9. The fourth-order valence-electron chi connectivity index (χ4n) is 4.64. The van der Waals surface area contributed by atoms with Crippen LogP contribution in [-0.2, 0) is 4.79 Å². The van der Waals surface area contributed by atoms with Gasteiger partial charge in [-0.05, 0) is 49.2 Å². The quantitative estimate of drug-likeness (QED) is 0.757. The Bertz CT molecular complexity index is 926.